The van der Waals surface area contributed by atoms with Crippen LogP contribution in [0, 0.1) is 0 Å². The second-order valence-corrected chi connectivity index (χ2v) is 5.21. The Labute approximate surface area is 126 Å². The van der Waals surface area contributed by atoms with Crippen LogP contribution in [0.1, 0.15) is 33.1 Å². The van der Waals surface area contributed by atoms with Gasteiger partial charge < -0.3 is 20.5 Å². The lowest BCUT2D eigenvalue weighted by atomic mass is 9.94. The molecule has 0 aliphatic rings. The Morgan fingerprint density at radius 2 is 1.86 bits per heavy atom. The van der Waals surface area contributed by atoms with Crippen LogP contribution in [0.2, 0.25) is 0 Å². The molecule has 0 heterocycles. The van der Waals surface area contributed by atoms with Crippen LogP contribution in [0.3, 0.4) is 0 Å². The number of nitrogens with two attached hydrogens (primary N) is 1. The molecule has 0 aliphatic heterocycles. The highest BCUT2D eigenvalue weighted by atomic mass is 16.5. The number of benzene rings is 1. The number of rotatable bonds is 10. The number of primary amides is 1. The highest BCUT2D eigenvalue weighted by Gasteiger charge is 2.28. The van der Waals surface area contributed by atoms with Crippen LogP contribution in [-0.4, -0.2) is 31.7 Å². The molecule has 1 aromatic rings. The average molecular weight is 294 g/mol. The number of amides is 1. The predicted octanol–water partition coefficient (Wildman–Crippen LogP) is 2.10. The number of carbonyl (C=O) groups excluding carboxylic acids is 1. The van der Waals surface area contributed by atoms with Gasteiger partial charge in [-0.3, -0.25) is 4.79 Å². The fourth-order valence-electron chi connectivity index (χ4n) is 2.13. The molecule has 5 nitrogen and oxygen atoms in total. The summed E-state index contributed by atoms with van der Waals surface area (Å²) in [5.41, 5.74) is 4.82. The lowest BCUT2D eigenvalue weighted by Crippen LogP contribution is -2.53. The van der Waals surface area contributed by atoms with Crippen LogP contribution in [0.15, 0.2) is 24.3 Å². The van der Waals surface area contributed by atoms with Crippen molar-refractivity contribution in [3.8, 4) is 11.5 Å². The molecule has 0 aromatic heterocycles. The molecule has 3 N–H and O–H groups in total. The first-order valence-electron chi connectivity index (χ1n) is 7.33. The molecule has 0 radical (unpaired) electrons. The van der Waals surface area contributed by atoms with Crippen LogP contribution < -0.4 is 20.5 Å². The fourth-order valence-corrected chi connectivity index (χ4v) is 2.13. The third kappa shape index (κ3) is 5.63. The maximum absolute atomic E-state index is 11.5. The minimum absolute atomic E-state index is 0.305. The van der Waals surface area contributed by atoms with Crippen LogP contribution in [0.5, 0.6) is 11.5 Å². The highest BCUT2D eigenvalue weighted by Crippen LogP contribution is 2.18. The van der Waals surface area contributed by atoms with Crippen molar-refractivity contribution in [3.63, 3.8) is 0 Å². The van der Waals surface area contributed by atoms with Crippen LogP contribution in [0.4, 0.5) is 0 Å². The average Bonchev–Trinajstić information content (AvgIpc) is 2.47. The second-order valence-electron chi connectivity index (χ2n) is 5.21. The summed E-state index contributed by atoms with van der Waals surface area (Å²) >= 11 is 0. The van der Waals surface area contributed by atoms with E-state index in [2.05, 4.69) is 5.32 Å². The van der Waals surface area contributed by atoms with Crippen LogP contribution in [0.25, 0.3) is 0 Å². The van der Waals surface area contributed by atoms with Gasteiger partial charge in [-0.15, -0.1) is 0 Å². The van der Waals surface area contributed by atoms with Gasteiger partial charge in [0.1, 0.15) is 11.5 Å². The number of nitrogens with one attached hydrogen (secondary N) is 1. The largest absolute Gasteiger partial charge is 0.497 e. The zero-order valence-corrected chi connectivity index (χ0v) is 13.1. The first-order chi connectivity index (χ1) is 10.0. The van der Waals surface area contributed by atoms with E-state index in [0.717, 1.165) is 30.9 Å². The van der Waals surface area contributed by atoms with Crippen molar-refractivity contribution in [2.24, 2.45) is 5.73 Å². The number of hydrogen-bond acceptors (Lipinski definition) is 4. The van der Waals surface area contributed by atoms with Crippen LogP contribution in [-0.2, 0) is 4.79 Å². The summed E-state index contributed by atoms with van der Waals surface area (Å²) in [6.07, 6.45) is 2.46. The van der Waals surface area contributed by atoms with E-state index >= 15 is 0 Å². The summed E-state index contributed by atoms with van der Waals surface area (Å²) < 4.78 is 10.7. The number of ether oxygens (including phenoxy) is 2. The second kappa shape index (κ2) is 8.52. The number of carbonyl (C=O) groups is 1. The van der Waals surface area contributed by atoms with E-state index in [9.17, 15) is 4.79 Å². The van der Waals surface area contributed by atoms with E-state index in [4.69, 9.17) is 15.2 Å². The molecule has 5 heteroatoms. The zero-order valence-electron chi connectivity index (χ0n) is 13.1. The van der Waals surface area contributed by atoms with Gasteiger partial charge in [-0.1, -0.05) is 6.92 Å². The molecule has 0 bridgehead atoms. The van der Waals surface area contributed by atoms with Gasteiger partial charge in [0.25, 0.3) is 0 Å². The summed E-state index contributed by atoms with van der Waals surface area (Å²) in [4.78, 5) is 11.5. The highest BCUT2D eigenvalue weighted by molar-refractivity contribution is 5.84. The Morgan fingerprint density at radius 3 is 2.38 bits per heavy atom. The SMILES string of the molecule is CCNC(C)(CCCCOc1ccc(OC)cc1)C(N)=O. The van der Waals surface area contributed by atoms with Crippen molar-refractivity contribution in [2.45, 2.75) is 38.6 Å². The summed E-state index contributed by atoms with van der Waals surface area (Å²) in [5, 5.41) is 3.15. The standard InChI is InChI=1S/C16H26N2O3/c1-4-18-16(2,15(17)19)11-5-6-12-21-14-9-7-13(20-3)8-10-14/h7-10,18H,4-6,11-12H2,1-3H3,(H2,17,19). The minimum atomic E-state index is -0.630. The minimum Gasteiger partial charge on any atom is -0.497 e. The lowest BCUT2D eigenvalue weighted by molar-refractivity contribution is -0.124. The summed E-state index contributed by atoms with van der Waals surface area (Å²) in [7, 11) is 1.63. The van der Waals surface area contributed by atoms with Gasteiger partial charge in [-0.05, 0) is 57.0 Å². The van der Waals surface area contributed by atoms with Crippen molar-refractivity contribution in [1.29, 1.82) is 0 Å². The first-order valence-corrected chi connectivity index (χ1v) is 7.33. The maximum Gasteiger partial charge on any atom is 0.237 e. The molecule has 1 amide bonds. The molecule has 1 aromatic carbocycles. The third-order valence-corrected chi connectivity index (χ3v) is 3.51. The van der Waals surface area contributed by atoms with Gasteiger partial charge in [0.05, 0.1) is 19.3 Å². The number of likely N-dealkylation sites (N-methyl/N-ethyl adjacent to an activating group) is 1. The van der Waals surface area contributed by atoms with E-state index in [1.54, 1.807) is 7.11 Å². The molecular formula is C16H26N2O3. The van der Waals surface area contributed by atoms with Gasteiger partial charge in [0.15, 0.2) is 0 Å². The van der Waals surface area contributed by atoms with Gasteiger partial charge in [-0.2, -0.15) is 0 Å². The molecule has 118 valence electrons. The smallest absolute Gasteiger partial charge is 0.237 e. The van der Waals surface area contributed by atoms with E-state index in [0.29, 0.717) is 13.0 Å². The van der Waals surface area contributed by atoms with E-state index in [1.165, 1.54) is 0 Å². The normalized spacial score (nSPS) is 13.5. The molecule has 0 fully saturated rings. The predicted molar refractivity (Wildman–Crippen MR) is 83.6 cm³/mol. The molecular weight excluding hydrogens is 268 g/mol. The van der Waals surface area contributed by atoms with E-state index in [-0.39, 0.29) is 5.91 Å². The summed E-state index contributed by atoms with van der Waals surface area (Å²) in [6.45, 7) is 5.16. The quantitative estimate of drug-likeness (QED) is 0.648. The van der Waals surface area contributed by atoms with Gasteiger partial charge in [-0.25, -0.2) is 0 Å². The van der Waals surface area contributed by atoms with Gasteiger partial charge in [0.2, 0.25) is 5.91 Å². The van der Waals surface area contributed by atoms with Crippen molar-refractivity contribution < 1.29 is 14.3 Å². The Bertz CT molecular complexity index is 434. The van der Waals surface area contributed by atoms with Crippen molar-refractivity contribution in [3.05, 3.63) is 24.3 Å². The summed E-state index contributed by atoms with van der Waals surface area (Å²) in [6, 6.07) is 7.49. The molecule has 21 heavy (non-hydrogen) atoms. The molecule has 0 spiro atoms. The number of hydrogen-bond donors (Lipinski definition) is 2. The maximum atomic E-state index is 11.5. The Kier molecular flexibility index (Phi) is 7.02. The third-order valence-electron chi connectivity index (χ3n) is 3.51. The van der Waals surface area contributed by atoms with Gasteiger partial charge in [0, 0.05) is 0 Å². The van der Waals surface area contributed by atoms with E-state index in [1.807, 2.05) is 38.1 Å². The molecule has 1 rings (SSSR count). The van der Waals surface area contributed by atoms with E-state index < -0.39 is 5.54 Å². The molecule has 0 saturated heterocycles. The van der Waals surface area contributed by atoms with Crippen LogP contribution >= 0.6 is 0 Å². The topological polar surface area (TPSA) is 73.6 Å². The van der Waals surface area contributed by atoms with Crippen molar-refractivity contribution >= 4 is 5.91 Å². The van der Waals surface area contributed by atoms with Crippen molar-refractivity contribution in [2.75, 3.05) is 20.3 Å². The fraction of sp³-hybridized carbons (Fsp3) is 0.562. The summed E-state index contributed by atoms with van der Waals surface area (Å²) in [5.74, 6) is 1.32. The number of methoxy groups -OCH3 is 1. The Balaban J connectivity index is 2.28. The molecule has 0 aliphatic carbocycles. The molecule has 1 unspecified atom stereocenters. The molecule has 1 atom stereocenters. The lowest BCUT2D eigenvalue weighted by Gasteiger charge is -2.26. The van der Waals surface area contributed by atoms with Crippen molar-refractivity contribution in [1.82, 2.24) is 5.32 Å². The monoisotopic (exact) mass is 294 g/mol. The van der Waals surface area contributed by atoms with Gasteiger partial charge >= 0.3 is 0 Å². The first kappa shape index (κ1) is 17.3. The molecule has 0 saturated carbocycles. The Morgan fingerprint density at radius 1 is 1.24 bits per heavy atom. The Hall–Kier alpha value is -1.75. The zero-order chi connectivity index (χ0) is 15.7. The number of unbranched alkanes of at least 4 members (excludes halogenated alkanes) is 1.